The van der Waals surface area contributed by atoms with E-state index >= 15 is 0 Å². The fourth-order valence-electron chi connectivity index (χ4n) is 3.56. The molecule has 1 unspecified atom stereocenters. The van der Waals surface area contributed by atoms with E-state index in [9.17, 15) is 15.0 Å². The maximum absolute atomic E-state index is 12.0. The van der Waals surface area contributed by atoms with Gasteiger partial charge in [0.15, 0.2) is 17.3 Å². The van der Waals surface area contributed by atoms with Crippen molar-refractivity contribution < 1.29 is 24.5 Å². The number of carbonyl (C=O) groups is 1. The number of benzene rings is 1. The molecule has 0 bridgehead atoms. The first-order chi connectivity index (χ1) is 11.5. The number of nitrogens with two attached hydrogens (primary N) is 1. The van der Waals surface area contributed by atoms with Crippen LogP contribution < -0.4 is 15.2 Å². The Morgan fingerprint density at radius 2 is 2.00 bits per heavy atom. The summed E-state index contributed by atoms with van der Waals surface area (Å²) in [5.74, 6) is -0.356. The smallest absolute Gasteiger partial charge is 0.219 e. The molecule has 0 aliphatic heterocycles. The highest BCUT2D eigenvalue weighted by molar-refractivity contribution is 6.03. The molecule has 1 aromatic rings. The molecule has 0 aromatic heterocycles. The maximum Gasteiger partial charge on any atom is 0.219 e. The number of carbonyl (C=O) groups excluding carboxylic acids is 1. The zero-order valence-corrected chi connectivity index (χ0v) is 13.7. The minimum absolute atomic E-state index is 0.0719. The number of hydrogen-bond donors (Lipinski definition) is 3. The number of hydrogen-bond acceptors (Lipinski definition) is 6. The highest BCUT2D eigenvalue weighted by Crippen LogP contribution is 2.49. The van der Waals surface area contributed by atoms with Crippen LogP contribution in [0.4, 0.5) is 0 Å². The molecule has 0 saturated heterocycles. The summed E-state index contributed by atoms with van der Waals surface area (Å²) in [6, 6.07) is 1.49. The van der Waals surface area contributed by atoms with E-state index in [2.05, 4.69) is 0 Å². The van der Waals surface area contributed by atoms with Crippen molar-refractivity contribution in [1.29, 1.82) is 0 Å². The molecule has 2 aliphatic carbocycles. The van der Waals surface area contributed by atoms with Crippen LogP contribution in [-0.2, 0) is 11.2 Å². The molecule has 2 atom stereocenters. The molecule has 2 aliphatic rings. The number of phenolic OH excluding ortho intramolecular Hbond substituents is 1. The van der Waals surface area contributed by atoms with E-state index in [0.717, 1.165) is 16.7 Å². The van der Waals surface area contributed by atoms with E-state index in [4.69, 9.17) is 15.2 Å². The fraction of sp³-hybridized carbons (Fsp3) is 0.389. The number of aromatic hydroxyl groups is 1. The molecule has 6 heteroatoms. The number of aliphatic hydroxyl groups is 1. The van der Waals surface area contributed by atoms with Gasteiger partial charge in [-0.2, -0.15) is 0 Å². The summed E-state index contributed by atoms with van der Waals surface area (Å²) in [6.07, 6.45) is 4.66. The van der Waals surface area contributed by atoms with Gasteiger partial charge >= 0.3 is 0 Å². The van der Waals surface area contributed by atoms with E-state index in [1.165, 1.54) is 26.4 Å². The normalized spacial score (nSPS) is 23.2. The Morgan fingerprint density at radius 3 is 2.67 bits per heavy atom. The van der Waals surface area contributed by atoms with E-state index < -0.39 is 5.78 Å². The molecule has 6 nitrogen and oxygen atoms in total. The van der Waals surface area contributed by atoms with Crippen molar-refractivity contribution in [2.75, 3.05) is 14.2 Å². The SMILES string of the molecule is COc1cc2c(c(OC)c1O)[C@@H]1CC=C(O)C(=O)C=C1C(N)CC2. The summed E-state index contributed by atoms with van der Waals surface area (Å²) in [5, 5.41) is 20.2. The van der Waals surface area contributed by atoms with Crippen LogP contribution in [0.25, 0.3) is 0 Å². The van der Waals surface area contributed by atoms with Gasteiger partial charge < -0.3 is 25.4 Å². The van der Waals surface area contributed by atoms with Gasteiger partial charge in [0.05, 0.1) is 14.2 Å². The topological polar surface area (TPSA) is 102 Å². The van der Waals surface area contributed by atoms with E-state index in [0.29, 0.717) is 30.8 Å². The van der Waals surface area contributed by atoms with Crippen molar-refractivity contribution in [2.45, 2.75) is 31.2 Å². The maximum atomic E-state index is 12.0. The lowest BCUT2D eigenvalue weighted by molar-refractivity contribution is -0.113. The Morgan fingerprint density at radius 1 is 1.25 bits per heavy atom. The lowest BCUT2D eigenvalue weighted by Gasteiger charge is -2.24. The van der Waals surface area contributed by atoms with Gasteiger partial charge in [0, 0.05) is 17.5 Å². The molecule has 0 radical (unpaired) electrons. The summed E-state index contributed by atoms with van der Waals surface area (Å²) in [5.41, 5.74) is 8.80. The van der Waals surface area contributed by atoms with E-state index in [-0.39, 0.29) is 23.5 Å². The molecule has 0 heterocycles. The highest BCUT2D eigenvalue weighted by Gasteiger charge is 2.34. The predicted molar refractivity (Wildman–Crippen MR) is 88.7 cm³/mol. The average Bonchev–Trinajstić information content (AvgIpc) is 2.79. The standard InChI is InChI=1S/C18H21NO5/c1-23-15-7-9-3-5-12(19)11-8-14(21)13(20)6-4-10(11)16(9)18(24-2)17(15)22/h6-8,10,12,20,22H,3-5,19H2,1-2H3/t10-,12?/m1/s1. The van der Waals surface area contributed by atoms with Crippen molar-refractivity contribution in [3.05, 3.63) is 40.7 Å². The van der Waals surface area contributed by atoms with Gasteiger partial charge in [-0.05, 0) is 48.6 Å². The predicted octanol–water partition coefficient (Wildman–Crippen LogP) is 2.11. The van der Waals surface area contributed by atoms with E-state index in [1.807, 2.05) is 0 Å². The Labute approximate surface area is 140 Å². The second kappa shape index (κ2) is 6.20. The number of allylic oxidation sites excluding steroid dienone is 2. The first-order valence-corrected chi connectivity index (χ1v) is 7.85. The molecule has 0 spiro atoms. The quantitative estimate of drug-likeness (QED) is 0.767. The number of rotatable bonds is 2. The number of aliphatic hydroxyl groups excluding tert-OH is 1. The Balaban J connectivity index is 2.26. The lowest BCUT2D eigenvalue weighted by atomic mass is 9.84. The minimum atomic E-state index is -0.442. The number of methoxy groups -OCH3 is 2. The number of ketones is 1. The van der Waals surface area contributed by atoms with Gasteiger partial charge in [-0.25, -0.2) is 0 Å². The first-order valence-electron chi connectivity index (χ1n) is 7.85. The molecule has 128 valence electrons. The van der Waals surface area contributed by atoms with Gasteiger partial charge in [0.2, 0.25) is 11.5 Å². The van der Waals surface area contributed by atoms with Crippen LogP contribution in [0.15, 0.2) is 29.6 Å². The van der Waals surface area contributed by atoms with Gasteiger partial charge in [0.1, 0.15) is 0 Å². The van der Waals surface area contributed by atoms with Gasteiger partial charge in [0.25, 0.3) is 0 Å². The van der Waals surface area contributed by atoms with Gasteiger partial charge in [-0.15, -0.1) is 0 Å². The van der Waals surface area contributed by atoms with Crippen LogP contribution in [0.3, 0.4) is 0 Å². The molecule has 4 N–H and O–H groups in total. The fourth-order valence-corrected chi connectivity index (χ4v) is 3.56. The number of ether oxygens (including phenoxy) is 2. The van der Waals surface area contributed by atoms with Crippen molar-refractivity contribution in [3.63, 3.8) is 0 Å². The number of fused-ring (bicyclic) bond motifs is 3. The molecule has 0 amide bonds. The molecular weight excluding hydrogens is 310 g/mol. The van der Waals surface area contributed by atoms with E-state index in [1.54, 1.807) is 6.07 Å². The molecule has 0 fully saturated rings. The average molecular weight is 331 g/mol. The van der Waals surface area contributed by atoms with Crippen LogP contribution in [-0.4, -0.2) is 36.3 Å². The molecular formula is C18H21NO5. The van der Waals surface area contributed by atoms with Crippen molar-refractivity contribution in [1.82, 2.24) is 0 Å². The summed E-state index contributed by atoms with van der Waals surface area (Å²) >= 11 is 0. The molecule has 3 rings (SSSR count). The summed E-state index contributed by atoms with van der Waals surface area (Å²) in [6.45, 7) is 0. The zero-order valence-electron chi connectivity index (χ0n) is 13.7. The zero-order chi connectivity index (χ0) is 17.4. The van der Waals surface area contributed by atoms with Gasteiger partial charge in [-0.1, -0.05) is 0 Å². The third-order valence-electron chi connectivity index (χ3n) is 4.77. The lowest BCUT2D eigenvalue weighted by Crippen LogP contribution is -2.25. The monoisotopic (exact) mass is 331 g/mol. The van der Waals surface area contributed by atoms with Crippen molar-refractivity contribution >= 4 is 5.78 Å². The Bertz CT molecular complexity index is 750. The summed E-state index contributed by atoms with van der Waals surface area (Å²) in [4.78, 5) is 12.0. The summed E-state index contributed by atoms with van der Waals surface area (Å²) in [7, 11) is 2.97. The first kappa shape index (κ1) is 16.4. The summed E-state index contributed by atoms with van der Waals surface area (Å²) < 4.78 is 10.7. The van der Waals surface area contributed by atoms with Crippen LogP contribution in [0, 0.1) is 0 Å². The third kappa shape index (κ3) is 2.53. The largest absolute Gasteiger partial charge is 0.504 e. The highest BCUT2D eigenvalue weighted by atomic mass is 16.5. The number of phenols is 1. The van der Waals surface area contributed by atoms with Crippen LogP contribution in [0.2, 0.25) is 0 Å². The van der Waals surface area contributed by atoms with Crippen LogP contribution >= 0.6 is 0 Å². The Kier molecular flexibility index (Phi) is 4.24. The van der Waals surface area contributed by atoms with Gasteiger partial charge in [-0.3, -0.25) is 4.79 Å². The van der Waals surface area contributed by atoms with Crippen molar-refractivity contribution in [3.8, 4) is 17.2 Å². The van der Waals surface area contributed by atoms with Crippen LogP contribution in [0.5, 0.6) is 17.2 Å². The van der Waals surface area contributed by atoms with Crippen LogP contribution in [0.1, 0.15) is 29.9 Å². The van der Waals surface area contributed by atoms with Crippen molar-refractivity contribution in [2.24, 2.45) is 5.73 Å². The minimum Gasteiger partial charge on any atom is -0.504 e. The second-order valence-corrected chi connectivity index (χ2v) is 6.06. The Hall–Kier alpha value is -2.47. The second-order valence-electron chi connectivity index (χ2n) is 6.06. The number of aryl methyl sites for hydroxylation is 1. The third-order valence-corrected chi connectivity index (χ3v) is 4.77. The molecule has 1 aromatic carbocycles. The molecule has 24 heavy (non-hydrogen) atoms. The molecule has 0 saturated carbocycles.